The SMILES string of the molecule is O=C(NC(Cc1ccncc1)C(=O)N1CCC2OCC(=O)C21)c1cccc(Oc2ccccc2)c1. The van der Waals surface area contributed by atoms with Crippen LogP contribution in [0.15, 0.2) is 79.1 Å². The summed E-state index contributed by atoms with van der Waals surface area (Å²) in [4.78, 5) is 44.7. The lowest BCUT2D eigenvalue weighted by atomic mass is 10.0. The van der Waals surface area contributed by atoms with E-state index in [0.29, 0.717) is 30.0 Å². The number of pyridine rings is 1. The molecular formula is C27H25N3O5. The molecular weight excluding hydrogens is 446 g/mol. The number of nitrogens with one attached hydrogen (secondary N) is 1. The van der Waals surface area contributed by atoms with E-state index >= 15 is 0 Å². The molecule has 1 aromatic heterocycles. The van der Waals surface area contributed by atoms with Gasteiger partial charge in [0.1, 0.15) is 30.2 Å². The standard InChI is InChI=1S/C27H25N3O5/c31-23-17-34-24-11-14-30(25(23)24)27(33)22(15-18-9-12-28-13-10-18)29-26(32)19-5-4-8-21(16-19)35-20-6-2-1-3-7-20/h1-10,12-13,16,22,24-25H,11,14-15,17H2,(H,29,32). The van der Waals surface area contributed by atoms with Crippen molar-refractivity contribution in [2.24, 2.45) is 0 Å². The molecule has 0 radical (unpaired) electrons. The van der Waals surface area contributed by atoms with Crippen LogP contribution in [0.25, 0.3) is 0 Å². The van der Waals surface area contributed by atoms with Gasteiger partial charge in [0.05, 0.1) is 6.10 Å². The summed E-state index contributed by atoms with van der Waals surface area (Å²) in [7, 11) is 0. The molecule has 178 valence electrons. The molecule has 2 aliphatic heterocycles. The molecule has 0 saturated carbocycles. The molecule has 3 heterocycles. The van der Waals surface area contributed by atoms with Crippen LogP contribution in [-0.4, -0.2) is 58.8 Å². The number of aromatic nitrogens is 1. The van der Waals surface area contributed by atoms with Crippen molar-refractivity contribution in [2.45, 2.75) is 31.0 Å². The van der Waals surface area contributed by atoms with E-state index in [2.05, 4.69) is 10.3 Å². The van der Waals surface area contributed by atoms with Crippen LogP contribution in [0.1, 0.15) is 22.3 Å². The van der Waals surface area contributed by atoms with Gasteiger partial charge in [-0.25, -0.2) is 0 Å². The summed E-state index contributed by atoms with van der Waals surface area (Å²) in [6.45, 7) is 0.442. The highest BCUT2D eigenvalue weighted by Crippen LogP contribution is 2.28. The molecule has 2 aromatic carbocycles. The minimum atomic E-state index is -0.851. The van der Waals surface area contributed by atoms with E-state index in [4.69, 9.17) is 9.47 Å². The Bertz CT molecular complexity index is 1220. The number of rotatable bonds is 7. The molecule has 8 heteroatoms. The van der Waals surface area contributed by atoms with E-state index in [9.17, 15) is 14.4 Å². The summed E-state index contributed by atoms with van der Waals surface area (Å²) >= 11 is 0. The van der Waals surface area contributed by atoms with Gasteiger partial charge in [0.15, 0.2) is 5.78 Å². The molecule has 3 unspecified atom stereocenters. The number of benzene rings is 2. The number of likely N-dealkylation sites (tertiary alicyclic amines) is 1. The number of carbonyl (C=O) groups excluding carboxylic acids is 3. The molecule has 3 atom stereocenters. The van der Waals surface area contributed by atoms with E-state index in [1.165, 1.54) is 0 Å². The van der Waals surface area contributed by atoms with Crippen LogP contribution >= 0.6 is 0 Å². The van der Waals surface area contributed by atoms with E-state index in [1.54, 1.807) is 53.7 Å². The summed E-state index contributed by atoms with van der Waals surface area (Å²) in [5, 5.41) is 2.89. The summed E-state index contributed by atoms with van der Waals surface area (Å²) in [5.74, 6) is 0.374. The third kappa shape index (κ3) is 5.07. The maximum Gasteiger partial charge on any atom is 0.252 e. The summed E-state index contributed by atoms with van der Waals surface area (Å²) < 4.78 is 11.4. The molecule has 1 N–H and O–H groups in total. The second-order valence-electron chi connectivity index (χ2n) is 8.61. The fourth-order valence-electron chi connectivity index (χ4n) is 4.56. The van der Waals surface area contributed by atoms with Gasteiger partial charge in [-0.1, -0.05) is 24.3 Å². The number of hydrogen-bond donors (Lipinski definition) is 1. The highest BCUT2D eigenvalue weighted by molar-refractivity contribution is 5.99. The van der Waals surface area contributed by atoms with Crippen molar-refractivity contribution in [2.75, 3.05) is 13.2 Å². The fourth-order valence-corrected chi connectivity index (χ4v) is 4.56. The van der Waals surface area contributed by atoms with Gasteiger partial charge in [0.2, 0.25) is 5.91 Å². The molecule has 8 nitrogen and oxygen atoms in total. The van der Waals surface area contributed by atoms with Crippen LogP contribution in [0, 0.1) is 0 Å². The van der Waals surface area contributed by atoms with Crippen LogP contribution < -0.4 is 10.1 Å². The van der Waals surface area contributed by atoms with E-state index in [1.807, 2.05) is 30.3 Å². The summed E-state index contributed by atoms with van der Waals surface area (Å²) in [5.41, 5.74) is 1.22. The van der Waals surface area contributed by atoms with Crippen LogP contribution in [0.2, 0.25) is 0 Å². The Morgan fingerprint density at radius 2 is 1.83 bits per heavy atom. The number of amides is 2. The Kier molecular flexibility index (Phi) is 6.54. The number of fused-ring (bicyclic) bond motifs is 1. The predicted octanol–water partition coefficient (Wildman–Crippen LogP) is 2.78. The second kappa shape index (κ2) is 10.1. The third-order valence-electron chi connectivity index (χ3n) is 6.26. The lowest BCUT2D eigenvalue weighted by Gasteiger charge is -2.27. The highest BCUT2D eigenvalue weighted by Gasteiger charge is 2.48. The van der Waals surface area contributed by atoms with E-state index in [-0.39, 0.29) is 30.8 Å². The molecule has 2 aliphatic rings. The Labute approximate surface area is 202 Å². The molecule has 5 rings (SSSR count). The van der Waals surface area contributed by atoms with Crippen molar-refractivity contribution in [3.63, 3.8) is 0 Å². The first kappa shape index (κ1) is 22.7. The van der Waals surface area contributed by atoms with Crippen molar-refractivity contribution in [1.82, 2.24) is 15.2 Å². The lowest BCUT2D eigenvalue weighted by molar-refractivity contribution is -0.138. The topological polar surface area (TPSA) is 97.8 Å². The monoisotopic (exact) mass is 471 g/mol. The molecule has 2 amide bonds. The largest absolute Gasteiger partial charge is 0.457 e. The average molecular weight is 472 g/mol. The van der Waals surface area contributed by atoms with Crippen LogP contribution in [0.4, 0.5) is 0 Å². The van der Waals surface area contributed by atoms with Crippen molar-refractivity contribution in [1.29, 1.82) is 0 Å². The Balaban J connectivity index is 1.35. The number of hydrogen-bond acceptors (Lipinski definition) is 6. The lowest BCUT2D eigenvalue weighted by Crippen LogP contribution is -2.53. The van der Waals surface area contributed by atoms with Crippen molar-refractivity contribution < 1.29 is 23.9 Å². The number of Topliss-reactive ketones (excluding diaryl/α,β-unsaturated/α-hetero) is 1. The average Bonchev–Trinajstić information content (AvgIpc) is 3.47. The zero-order valence-electron chi connectivity index (χ0n) is 19.0. The van der Waals surface area contributed by atoms with Gasteiger partial charge >= 0.3 is 0 Å². The molecule has 0 bridgehead atoms. The van der Waals surface area contributed by atoms with E-state index < -0.39 is 18.0 Å². The van der Waals surface area contributed by atoms with Gasteiger partial charge in [-0.3, -0.25) is 19.4 Å². The molecule has 2 fully saturated rings. The zero-order chi connectivity index (χ0) is 24.2. The maximum absolute atomic E-state index is 13.6. The van der Waals surface area contributed by atoms with Crippen molar-refractivity contribution >= 4 is 17.6 Å². The van der Waals surface area contributed by atoms with Gasteiger partial charge in [-0.15, -0.1) is 0 Å². The number of para-hydroxylation sites is 1. The van der Waals surface area contributed by atoms with Crippen molar-refractivity contribution in [3.8, 4) is 11.5 Å². The first-order chi connectivity index (χ1) is 17.1. The summed E-state index contributed by atoms with van der Waals surface area (Å²) in [6, 6.07) is 18.2. The minimum absolute atomic E-state index is 0.0225. The smallest absolute Gasteiger partial charge is 0.252 e. The number of ketones is 1. The predicted molar refractivity (Wildman–Crippen MR) is 127 cm³/mol. The zero-order valence-corrected chi connectivity index (χ0v) is 19.0. The van der Waals surface area contributed by atoms with Gasteiger partial charge in [0.25, 0.3) is 5.91 Å². The Morgan fingerprint density at radius 3 is 2.63 bits per heavy atom. The van der Waals surface area contributed by atoms with Crippen LogP contribution in [0.3, 0.4) is 0 Å². The molecule has 0 aliphatic carbocycles. The molecule has 3 aromatic rings. The third-order valence-corrected chi connectivity index (χ3v) is 6.26. The van der Waals surface area contributed by atoms with Gasteiger partial charge < -0.3 is 19.7 Å². The van der Waals surface area contributed by atoms with Crippen molar-refractivity contribution in [3.05, 3.63) is 90.3 Å². The van der Waals surface area contributed by atoms with E-state index in [0.717, 1.165) is 5.56 Å². The van der Waals surface area contributed by atoms with Gasteiger partial charge in [-0.2, -0.15) is 0 Å². The first-order valence-electron chi connectivity index (χ1n) is 11.6. The quantitative estimate of drug-likeness (QED) is 0.569. The number of ether oxygens (including phenoxy) is 2. The maximum atomic E-state index is 13.6. The Morgan fingerprint density at radius 1 is 1.06 bits per heavy atom. The minimum Gasteiger partial charge on any atom is -0.457 e. The highest BCUT2D eigenvalue weighted by atomic mass is 16.5. The fraction of sp³-hybridized carbons (Fsp3) is 0.259. The summed E-state index contributed by atoms with van der Waals surface area (Å²) in [6.07, 6.45) is 3.90. The number of carbonyl (C=O) groups is 3. The van der Waals surface area contributed by atoms with Gasteiger partial charge in [0, 0.05) is 30.9 Å². The number of nitrogens with zero attached hydrogens (tertiary/aromatic N) is 2. The molecule has 35 heavy (non-hydrogen) atoms. The normalized spacial score (nSPS) is 19.8. The molecule has 0 spiro atoms. The molecule has 2 saturated heterocycles. The van der Waals surface area contributed by atoms with Crippen LogP contribution in [-0.2, 0) is 20.7 Å². The first-order valence-corrected chi connectivity index (χ1v) is 11.6. The second-order valence-corrected chi connectivity index (χ2v) is 8.61. The van der Waals surface area contributed by atoms with Gasteiger partial charge in [-0.05, 0) is 54.4 Å². The van der Waals surface area contributed by atoms with Crippen LogP contribution in [0.5, 0.6) is 11.5 Å². The Hall–Kier alpha value is -4.04.